The van der Waals surface area contributed by atoms with Gasteiger partial charge in [-0.25, -0.2) is 0 Å². The molecule has 0 amide bonds. The molecule has 0 unspecified atom stereocenters. The Morgan fingerprint density at radius 2 is 1.00 bits per heavy atom. The first-order chi connectivity index (χ1) is 17.9. The molecule has 0 bridgehead atoms. The maximum Gasteiger partial charge on any atom is -0.00264 e. The number of rotatable bonds is 3. The van der Waals surface area contributed by atoms with Crippen LogP contribution in [0.4, 0.5) is 0 Å². The molecular formula is C36H26. The van der Waals surface area contributed by atoms with Crippen LogP contribution in [0.25, 0.3) is 60.1 Å². The van der Waals surface area contributed by atoms with E-state index < -0.39 is 0 Å². The van der Waals surface area contributed by atoms with Gasteiger partial charge in [0.05, 0.1) is 0 Å². The molecule has 0 heteroatoms. The van der Waals surface area contributed by atoms with E-state index in [0.29, 0.717) is 0 Å². The minimum atomic E-state index is 1.09. The fraction of sp³-hybridized carbons (Fsp3) is 0.0556. The van der Waals surface area contributed by atoms with Crippen LogP contribution >= 0.6 is 0 Å². The van der Waals surface area contributed by atoms with Gasteiger partial charge >= 0.3 is 0 Å². The van der Waals surface area contributed by atoms with E-state index in [1.807, 2.05) is 0 Å². The Hall–Kier alpha value is -4.42. The summed E-state index contributed by atoms with van der Waals surface area (Å²) in [5, 5.41) is 7.89. The highest BCUT2D eigenvalue weighted by molar-refractivity contribution is 6.19. The highest BCUT2D eigenvalue weighted by atomic mass is 14.2. The SMILES string of the molecule is C1=CCCC(c2c3ccccc3c(-c3ccc(-c4cccc5ccccc45)cc3)c3ccccc23)=C1. The van der Waals surface area contributed by atoms with Gasteiger partial charge in [0.25, 0.3) is 0 Å². The van der Waals surface area contributed by atoms with Gasteiger partial charge in [-0.1, -0.05) is 133 Å². The number of hydrogen-bond acceptors (Lipinski definition) is 0. The predicted octanol–water partition coefficient (Wildman–Crippen LogP) is 10.2. The maximum absolute atomic E-state index is 2.30. The van der Waals surface area contributed by atoms with Crippen molar-refractivity contribution in [3.63, 3.8) is 0 Å². The first-order valence-electron chi connectivity index (χ1n) is 12.8. The molecule has 0 aromatic heterocycles. The third-order valence-electron chi connectivity index (χ3n) is 7.54. The third-order valence-corrected chi connectivity index (χ3v) is 7.54. The molecule has 0 spiro atoms. The highest BCUT2D eigenvalue weighted by Crippen LogP contribution is 2.43. The summed E-state index contributed by atoms with van der Waals surface area (Å²) in [7, 11) is 0. The summed E-state index contributed by atoms with van der Waals surface area (Å²) in [6.45, 7) is 0. The fourth-order valence-corrected chi connectivity index (χ4v) is 5.89. The monoisotopic (exact) mass is 458 g/mol. The van der Waals surface area contributed by atoms with Crippen molar-refractivity contribution < 1.29 is 0 Å². The maximum atomic E-state index is 2.30. The Bertz CT molecular complexity index is 1750. The predicted molar refractivity (Wildman–Crippen MR) is 156 cm³/mol. The standard InChI is InChI=1S/C36H26/c1-2-12-27(13-3-1)35-31-16-6-8-18-33(31)36(34-19-9-7-17-32(34)35)28-23-21-26(22-24-28)30-20-10-14-25-11-4-5-15-29(25)30/h1-2,4-12,14-24H,3,13H2. The molecule has 6 aromatic rings. The molecule has 0 radical (unpaired) electrons. The summed E-state index contributed by atoms with van der Waals surface area (Å²) in [6.07, 6.45) is 8.97. The summed E-state index contributed by atoms with van der Waals surface area (Å²) in [5.41, 5.74) is 7.93. The van der Waals surface area contributed by atoms with Crippen molar-refractivity contribution >= 4 is 37.9 Å². The van der Waals surface area contributed by atoms with Crippen LogP contribution in [0.1, 0.15) is 18.4 Å². The normalized spacial score (nSPS) is 13.4. The summed E-state index contributed by atoms with van der Waals surface area (Å²) in [5.74, 6) is 0. The summed E-state index contributed by atoms with van der Waals surface area (Å²) in [6, 6.07) is 42.2. The van der Waals surface area contributed by atoms with Crippen LogP contribution < -0.4 is 0 Å². The molecule has 1 aliphatic rings. The molecule has 0 heterocycles. The second-order valence-electron chi connectivity index (χ2n) is 9.60. The molecule has 36 heavy (non-hydrogen) atoms. The minimum Gasteiger partial charge on any atom is -0.0842 e. The zero-order valence-electron chi connectivity index (χ0n) is 20.1. The molecule has 1 aliphatic carbocycles. The van der Waals surface area contributed by atoms with E-state index in [1.54, 1.807) is 0 Å². The second-order valence-corrected chi connectivity index (χ2v) is 9.60. The van der Waals surface area contributed by atoms with Gasteiger partial charge in [0, 0.05) is 0 Å². The molecular weight excluding hydrogens is 432 g/mol. The van der Waals surface area contributed by atoms with E-state index in [4.69, 9.17) is 0 Å². The average molecular weight is 459 g/mol. The topological polar surface area (TPSA) is 0 Å². The summed E-state index contributed by atoms with van der Waals surface area (Å²) in [4.78, 5) is 0. The van der Waals surface area contributed by atoms with Crippen LogP contribution in [-0.4, -0.2) is 0 Å². The van der Waals surface area contributed by atoms with E-state index in [1.165, 1.54) is 65.7 Å². The zero-order valence-corrected chi connectivity index (χ0v) is 20.1. The van der Waals surface area contributed by atoms with Crippen molar-refractivity contribution in [1.29, 1.82) is 0 Å². The van der Waals surface area contributed by atoms with E-state index >= 15 is 0 Å². The van der Waals surface area contributed by atoms with Gasteiger partial charge in [0.2, 0.25) is 0 Å². The van der Waals surface area contributed by atoms with Crippen LogP contribution in [0.3, 0.4) is 0 Å². The molecule has 7 rings (SSSR count). The van der Waals surface area contributed by atoms with Crippen molar-refractivity contribution in [2.75, 3.05) is 0 Å². The molecule has 0 saturated heterocycles. The van der Waals surface area contributed by atoms with Crippen molar-refractivity contribution in [2.24, 2.45) is 0 Å². The second kappa shape index (κ2) is 8.66. The van der Waals surface area contributed by atoms with E-state index in [-0.39, 0.29) is 0 Å². The summed E-state index contributed by atoms with van der Waals surface area (Å²) >= 11 is 0. The van der Waals surface area contributed by atoms with Gasteiger partial charge in [-0.2, -0.15) is 0 Å². The fourth-order valence-electron chi connectivity index (χ4n) is 5.89. The van der Waals surface area contributed by atoms with Crippen LogP contribution in [0.5, 0.6) is 0 Å². The van der Waals surface area contributed by atoms with Gasteiger partial charge in [-0.15, -0.1) is 0 Å². The Kier molecular flexibility index (Phi) is 5.03. The lowest BCUT2D eigenvalue weighted by atomic mass is 9.84. The van der Waals surface area contributed by atoms with E-state index in [9.17, 15) is 0 Å². The largest absolute Gasteiger partial charge is 0.0842 e. The lowest BCUT2D eigenvalue weighted by Crippen LogP contribution is -1.95. The van der Waals surface area contributed by atoms with Crippen molar-refractivity contribution in [1.82, 2.24) is 0 Å². The molecule has 0 nitrogen and oxygen atoms in total. The smallest absolute Gasteiger partial charge is 0.00264 e. The van der Waals surface area contributed by atoms with E-state index in [0.717, 1.165) is 12.8 Å². The lowest BCUT2D eigenvalue weighted by Gasteiger charge is -2.20. The molecule has 170 valence electrons. The number of allylic oxidation sites excluding steroid dienone is 4. The van der Waals surface area contributed by atoms with Crippen molar-refractivity contribution in [2.45, 2.75) is 12.8 Å². The molecule has 0 saturated carbocycles. The molecule has 0 fully saturated rings. The Morgan fingerprint density at radius 1 is 0.444 bits per heavy atom. The van der Waals surface area contributed by atoms with Crippen molar-refractivity contribution in [3.8, 4) is 22.3 Å². The van der Waals surface area contributed by atoms with Crippen LogP contribution in [0, 0.1) is 0 Å². The number of benzene rings is 6. The third kappa shape index (κ3) is 3.38. The van der Waals surface area contributed by atoms with Crippen LogP contribution in [-0.2, 0) is 0 Å². The molecule has 0 N–H and O–H groups in total. The number of fused-ring (bicyclic) bond motifs is 3. The molecule has 0 aliphatic heterocycles. The molecule has 0 atom stereocenters. The Balaban J connectivity index is 1.46. The molecule has 6 aromatic carbocycles. The van der Waals surface area contributed by atoms with Gasteiger partial charge in [-0.3, -0.25) is 0 Å². The van der Waals surface area contributed by atoms with Crippen LogP contribution in [0.15, 0.2) is 133 Å². The highest BCUT2D eigenvalue weighted by Gasteiger charge is 2.18. The van der Waals surface area contributed by atoms with Crippen molar-refractivity contribution in [3.05, 3.63) is 139 Å². The number of hydrogen-bond donors (Lipinski definition) is 0. The van der Waals surface area contributed by atoms with Gasteiger partial charge < -0.3 is 0 Å². The first kappa shape index (κ1) is 20.9. The van der Waals surface area contributed by atoms with Crippen LogP contribution in [0.2, 0.25) is 0 Å². The summed E-state index contributed by atoms with van der Waals surface area (Å²) < 4.78 is 0. The van der Waals surface area contributed by atoms with Gasteiger partial charge in [0.1, 0.15) is 0 Å². The van der Waals surface area contributed by atoms with E-state index in [2.05, 4.69) is 133 Å². The zero-order chi connectivity index (χ0) is 23.9. The lowest BCUT2D eigenvalue weighted by molar-refractivity contribution is 1.06. The van der Waals surface area contributed by atoms with Gasteiger partial charge in [0.15, 0.2) is 0 Å². The Morgan fingerprint density at radius 3 is 1.64 bits per heavy atom. The average Bonchev–Trinajstić information content (AvgIpc) is 2.96. The minimum absolute atomic E-state index is 1.09. The first-order valence-corrected chi connectivity index (χ1v) is 12.8. The quantitative estimate of drug-likeness (QED) is 0.231. The van der Waals surface area contributed by atoms with Gasteiger partial charge in [-0.05, 0) is 78.5 Å². The Labute approximate surface area is 211 Å².